The Morgan fingerprint density at radius 2 is 1.75 bits per heavy atom. The van der Waals surface area contributed by atoms with Gasteiger partial charge in [0.1, 0.15) is 0 Å². The summed E-state index contributed by atoms with van der Waals surface area (Å²) >= 11 is 6.04. The number of unbranched alkanes of at least 4 members (excludes halogenated alkanes) is 2. The molecule has 0 bridgehead atoms. The number of halogens is 1. The van der Waals surface area contributed by atoms with Gasteiger partial charge in [0, 0.05) is 0 Å². The Balaban J connectivity index is 2.50. The second-order valence-corrected chi connectivity index (χ2v) is 5.42. The fourth-order valence-corrected chi connectivity index (χ4v) is 2.17. The number of carbonyl (C=O) groups is 1. The molecule has 0 aromatic heterocycles. The number of amides is 1. The molecule has 0 atom stereocenters. The molecule has 0 aliphatic carbocycles. The van der Waals surface area contributed by atoms with Gasteiger partial charge in [-0.3, -0.25) is 9.69 Å². The van der Waals surface area contributed by atoms with Crippen molar-refractivity contribution in [1.82, 2.24) is 4.90 Å². The summed E-state index contributed by atoms with van der Waals surface area (Å²) in [5, 5.41) is 3.46. The molecule has 0 aliphatic rings. The Kier molecular flexibility index (Phi) is 8.31. The van der Waals surface area contributed by atoms with Crippen LogP contribution in [0.15, 0.2) is 24.3 Å². The molecular weight excluding hydrogens is 272 g/mol. The summed E-state index contributed by atoms with van der Waals surface area (Å²) in [6.07, 6.45) is 4.55. The molecule has 0 aliphatic heterocycles. The number of nitrogens with one attached hydrogen (secondary N) is 1. The van der Waals surface area contributed by atoms with Gasteiger partial charge in [-0.2, -0.15) is 0 Å². The minimum absolute atomic E-state index is 0.00491. The van der Waals surface area contributed by atoms with Crippen LogP contribution in [0.3, 0.4) is 0 Å². The van der Waals surface area contributed by atoms with Gasteiger partial charge in [-0.05, 0) is 38.1 Å². The van der Waals surface area contributed by atoms with Crippen molar-refractivity contribution >= 4 is 23.2 Å². The fraction of sp³-hybridized carbons (Fsp3) is 0.562. The molecule has 1 amide bonds. The predicted octanol–water partition coefficient (Wildman–Crippen LogP) is 4.18. The van der Waals surface area contributed by atoms with Crippen molar-refractivity contribution in [3.05, 3.63) is 29.3 Å². The normalized spacial score (nSPS) is 10.8. The molecule has 0 radical (unpaired) electrons. The molecule has 0 saturated carbocycles. The van der Waals surface area contributed by atoms with Crippen LogP contribution < -0.4 is 5.32 Å². The van der Waals surface area contributed by atoms with E-state index in [1.54, 1.807) is 6.07 Å². The van der Waals surface area contributed by atoms with E-state index in [-0.39, 0.29) is 5.91 Å². The lowest BCUT2D eigenvalue weighted by molar-refractivity contribution is -0.117. The molecule has 20 heavy (non-hydrogen) atoms. The smallest absolute Gasteiger partial charge is 0.238 e. The maximum absolute atomic E-state index is 12.1. The molecule has 0 saturated heterocycles. The molecule has 1 rings (SSSR count). The van der Waals surface area contributed by atoms with E-state index in [1.165, 1.54) is 0 Å². The summed E-state index contributed by atoms with van der Waals surface area (Å²) in [5.74, 6) is 0.00491. The Labute approximate surface area is 127 Å². The summed E-state index contributed by atoms with van der Waals surface area (Å²) < 4.78 is 0. The first-order chi connectivity index (χ1) is 9.67. The number of anilines is 1. The van der Waals surface area contributed by atoms with Gasteiger partial charge in [0.25, 0.3) is 0 Å². The molecule has 0 spiro atoms. The number of rotatable bonds is 9. The zero-order valence-electron chi connectivity index (χ0n) is 12.5. The van der Waals surface area contributed by atoms with Crippen LogP contribution in [0.2, 0.25) is 5.02 Å². The molecule has 0 heterocycles. The largest absolute Gasteiger partial charge is 0.324 e. The topological polar surface area (TPSA) is 32.3 Å². The number of benzene rings is 1. The quantitative estimate of drug-likeness (QED) is 0.741. The highest BCUT2D eigenvalue weighted by Gasteiger charge is 2.11. The van der Waals surface area contributed by atoms with Crippen LogP contribution in [0.25, 0.3) is 0 Å². The lowest BCUT2D eigenvalue weighted by Gasteiger charge is -2.21. The van der Waals surface area contributed by atoms with Crippen molar-refractivity contribution in [3.8, 4) is 0 Å². The van der Waals surface area contributed by atoms with Gasteiger partial charge in [0.2, 0.25) is 5.91 Å². The van der Waals surface area contributed by atoms with Crippen molar-refractivity contribution in [1.29, 1.82) is 0 Å². The molecular formula is C16H25ClN2O. The number of carbonyl (C=O) groups excluding carboxylic acids is 1. The number of hydrogen-bond acceptors (Lipinski definition) is 2. The van der Waals surface area contributed by atoms with Crippen LogP contribution in [-0.2, 0) is 4.79 Å². The Morgan fingerprint density at radius 3 is 2.30 bits per heavy atom. The van der Waals surface area contributed by atoms with E-state index < -0.39 is 0 Å². The summed E-state index contributed by atoms with van der Waals surface area (Å²) in [5.41, 5.74) is 0.685. The summed E-state index contributed by atoms with van der Waals surface area (Å²) in [6, 6.07) is 7.33. The van der Waals surface area contributed by atoms with Gasteiger partial charge < -0.3 is 5.32 Å². The van der Waals surface area contributed by atoms with E-state index in [9.17, 15) is 4.79 Å². The SMILES string of the molecule is CCCCN(CCCC)CC(=O)Nc1ccccc1Cl. The molecule has 1 aromatic carbocycles. The zero-order valence-corrected chi connectivity index (χ0v) is 13.2. The third kappa shape index (κ3) is 6.40. The van der Waals surface area contributed by atoms with Gasteiger partial charge in [-0.25, -0.2) is 0 Å². The van der Waals surface area contributed by atoms with E-state index in [0.717, 1.165) is 38.8 Å². The highest BCUT2D eigenvalue weighted by Crippen LogP contribution is 2.20. The van der Waals surface area contributed by atoms with Gasteiger partial charge in [0.05, 0.1) is 17.3 Å². The number of para-hydroxylation sites is 1. The van der Waals surface area contributed by atoms with Crippen molar-refractivity contribution in [2.24, 2.45) is 0 Å². The third-order valence-electron chi connectivity index (χ3n) is 3.17. The molecule has 1 aromatic rings. The second-order valence-electron chi connectivity index (χ2n) is 5.01. The van der Waals surface area contributed by atoms with Gasteiger partial charge in [-0.15, -0.1) is 0 Å². The van der Waals surface area contributed by atoms with E-state index >= 15 is 0 Å². The molecule has 4 heteroatoms. The van der Waals surface area contributed by atoms with Crippen LogP contribution in [-0.4, -0.2) is 30.4 Å². The molecule has 112 valence electrons. The van der Waals surface area contributed by atoms with Gasteiger partial charge >= 0.3 is 0 Å². The highest BCUT2D eigenvalue weighted by molar-refractivity contribution is 6.33. The predicted molar refractivity (Wildman–Crippen MR) is 86.3 cm³/mol. The van der Waals surface area contributed by atoms with Crippen molar-refractivity contribution in [3.63, 3.8) is 0 Å². The van der Waals surface area contributed by atoms with Gasteiger partial charge in [-0.1, -0.05) is 50.4 Å². The molecule has 0 unspecified atom stereocenters. The fourth-order valence-electron chi connectivity index (χ4n) is 1.99. The lowest BCUT2D eigenvalue weighted by Crippen LogP contribution is -2.34. The maximum atomic E-state index is 12.1. The number of nitrogens with zero attached hydrogens (tertiary/aromatic N) is 1. The summed E-state index contributed by atoms with van der Waals surface area (Å²) in [7, 11) is 0. The first-order valence-corrected chi connectivity index (χ1v) is 7.81. The van der Waals surface area contributed by atoms with E-state index in [1.807, 2.05) is 18.2 Å². The monoisotopic (exact) mass is 296 g/mol. The molecule has 3 nitrogen and oxygen atoms in total. The van der Waals surface area contributed by atoms with Crippen LogP contribution in [0.1, 0.15) is 39.5 Å². The standard InChI is InChI=1S/C16H25ClN2O/c1-3-5-11-19(12-6-4-2)13-16(20)18-15-10-8-7-9-14(15)17/h7-10H,3-6,11-13H2,1-2H3,(H,18,20). The highest BCUT2D eigenvalue weighted by atomic mass is 35.5. The van der Waals surface area contributed by atoms with Crippen molar-refractivity contribution < 1.29 is 4.79 Å². The minimum atomic E-state index is 0.00491. The van der Waals surface area contributed by atoms with E-state index in [4.69, 9.17) is 11.6 Å². The minimum Gasteiger partial charge on any atom is -0.324 e. The average Bonchev–Trinajstić information content (AvgIpc) is 2.44. The van der Waals surface area contributed by atoms with Crippen LogP contribution in [0.4, 0.5) is 5.69 Å². The average molecular weight is 297 g/mol. The van der Waals surface area contributed by atoms with Crippen molar-refractivity contribution in [2.45, 2.75) is 39.5 Å². The second kappa shape index (κ2) is 9.78. The summed E-state index contributed by atoms with van der Waals surface area (Å²) in [4.78, 5) is 14.3. The van der Waals surface area contributed by atoms with E-state index in [0.29, 0.717) is 17.3 Å². The Bertz CT molecular complexity index is 401. The maximum Gasteiger partial charge on any atom is 0.238 e. The summed E-state index contributed by atoms with van der Waals surface area (Å²) in [6.45, 7) is 6.73. The Hall–Kier alpha value is -1.06. The Morgan fingerprint density at radius 1 is 1.15 bits per heavy atom. The molecule has 0 fully saturated rings. The number of hydrogen-bond donors (Lipinski definition) is 1. The first kappa shape index (κ1) is 17.0. The molecule has 1 N–H and O–H groups in total. The van der Waals surface area contributed by atoms with Crippen LogP contribution >= 0.6 is 11.6 Å². The lowest BCUT2D eigenvalue weighted by atomic mass is 10.2. The van der Waals surface area contributed by atoms with E-state index in [2.05, 4.69) is 24.1 Å². The van der Waals surface area contributed by atoms with Crippen molar-refractivity contribution in [2.75, 3.05) is 25.0 Å². The third-order valence-corrected chi connectivity index (χ3v) is 3.50. The first-order valence-electron chi connectivity index (χ1n) is 7.44. The van der Waals surface area contributed by atoms with Crippen LogP contribution in [0.5, 0.6) is 0 Å². The zero-order chi connectivity index (χ0) is 14.8. The van der Waals surface area contributed by atoms with Crippen LogP contribution in [0, 0.1) is 0 Å². The van der Waals surface area contributed by atoms with Gasteiger partial charge in [0.15, 0.2) is 0 Å².